The predicted octanol–water partition coefficient (Wildman–Crippen LogP) is 16.9. The van der Waals surface area contributed by atoms with Gasteiger partial charge in [0.2, 0.25) is 0 Å². The fraction of sp³-hybridized carbons (Fsp3) is 0.636. The lowest BCUT2D eigenvalue weighted by Gasteiger charge is -2.57. The molecule has 8 aliphatic carbocycles. The summed E-state index contributed by atoms with van der Waals surface area (Å²) in [6, 6.07) is 5.82. The maximum Gasteiger partial charge on any atom is 0.252 e. The normalized spacial score (nSPS) is 33.2. The summed E-state index contributed by atoms with van der Waals surface area (Å²) in [7, 11) is 0. The van der Waals surface area contributed by atoms with Crippen molar-refractivity contribution in [3.05, 3.63) is 115 Å². The van der Waals surface area contributed by atoms with Crippen LogP contribution in [0.5, 0.6) is 0 Å². The minimum atomic E-state index is 0.0908. The van der Waals surface area contributed by atoms with E-state index in [1.807, 2.05) is 0 Å². The van der Waals surface area contributed by atoms with Crippen molar-refractivity contribution in [3.63, 3.8) is 0 Å². The van der Waals surface area contributed by atoms with Gasteiger partial charge in [0.05, 0.1) is 18.1 Å². The van der Waals surface area contributed by atoms with E-state index in [4.69, 9.17) is 4.42 Å². The second-order valence-electron chi connectivity index (χ2n) is 30.4. The van der Waals surface area contributed by atoms with E-state index >= 15 is 0 Å². The van der Waals surface area contributed by atoms with E-state index in [-0.39, 0.29) is 68.2 Å². The van der Waals surface area contributed by atoms with Gasteiger partial charge in [-0.1, -0.05) is 159 Å². The topological polar surface area (TPSA) is 19.6 Å². The SMILES string of the molecule is CC1=CC2=C3B(C4=C(CC5C(=C4)C(C)(C)CCC5(C)C)N2C2C=C4C(=CC2C)C(C)(C)CCC4(C)C)c2c(oc4cc5c(cc24)C(C)(C)CCC5(C)C)N(C2C=C4C(=CC2)C(C)(C)CCC4(C)C)C3C1. The van der Waals surface area contributed by atoms with Crippen molar-refractivity contribution in [1.29, 1.82) is 0 Å². The van der Waals surface area contributed by atoms with Crippen LogP contribution in [0.4, 0.5) is 5.88 Å². The Kier molecular flexibility index (Phi) is 9.85. The van der Waals surface area contributed by atoms with Crippen LogP contribution in [0.25, 0.3) is 11.0 Å². The van der Waals surface area contributed by atoms with Gasteiger partial charge in [0.15, 0.2) is 5.88 Å². The highest BCUT2D eigenvalue weighted by atomic mass is 16.4. The van der Waals surface area contributed by atoms with E-state index in [1.54, 1.807) is 44.5 Å². The van der Waals surface area contributed by atoms with E-state index in [2.05, 4.69) is 183 Å². The van der Waals surface area contributed by atoms with E-state index in [0.717, 1.165) is 30.7 Å². The summed E-state index contributed by atoms with van der Waals surface area (Å²) in [6.07, 6.45) is 29.5. The number of hydrogen-bond acceptors (Lipinski definition) is 3. The van der Waals surface area contributed by atoms with Crippen molar-refractivity contribution in [3.8, 4) is 0 Å². The number of benzene rings is 1. The number of rotatable bonds is 2. The molecular formula is C66H89BN2O. The van der Waals surface area contributed by atoms with Crippen molar-refractivity contribution in [1.82, 2.24) is 4.90 Å². The van der Waals surface area contributed by atoms with Crippen LogP contribution >= 0.6 is 0 Å². The summed E-state index contributed by atoms with van der Waals surface area (Å²) in [5.41, 5.74) is 22.7. The molecule has 0 saturated heterocycles. The second kappa shape index (κ2) is 14.6. The first-order valence-corrected chi connectivity index (χ1v) is 28.4. The average Bonchev–Trinajstić information content (AvgIpc) is 3.64. The van der Waals surface area contributed by atoms with E-state index in [0.29, 0.717) is 11.8 Å². The van der Waals surface area contributed by atoms with Crippen LogP contribution in [0.2, 0.25) is 0 Å². The van der Waals surface area contributed by atoms with Gasteiger partial charge in [-0.3, -0.25) is 0 Å². The third-order valence-corrected chi connectivity index (χ3v) is 21.9. The highest BCUT2D eigenvalue weighted by Gasteiger charge is 2.57. The molecule has 3 saturated carbocycles. The smallest absolute Gasteiger partial charge is 0.252 e. The van der Waals surface area contributed by atoms with Gasteiger partial charge in [-0.15, -0.1) is 0 Å². The molecule has 70 heavy (non-hydrogen) atoms. The molecule has 1 aromatic carbocycles. The lowest BCUT2D eigenvalue weighted by Crippen LogP contribution is -2.61. The first-order valence-electron chi connectivity index (χ1n) is 28.4. The van der Waals surface area contributed by atoms with Crippen molar-refractivity contribution >= 4 is 29.0 Å². The van der Waals surface area contributed by atoms with Crippen LogP contribution < -0.4 is 10.4 Å². The Morgan fingerprint density at radius 2 is 1.16 bits per heavy atom. The Morgan fingerprint density at radius 1 is 0.600 bits per heavy atom. The average molecular weight is 937 g/mol. The number of furan rings is 1. The summed E-state index contributed by atoms with van der Waals surface area (Å²) in [5, 5.41) is 1.36. The number of nitrogens with zero attached hydrogens (tertiary/aromatic N) is 2. The Morgan fingerprint density at radius 3 is 1.80 bits per heavy atom. The fourth-order valence-electron chi connectivity index (χ4n) is 16.7. The zero-order valence-electron chi connectivity index (χ0n) is 47.2. The summed E-state index contributed by atoms with van der Waals surface area (Å²) < 4.78 is 7.77. The van der Waals surface area contributed by atoms with E-state index in [9.17, 15) is 0 Å². The quantitative estimate of drug-likeness (QED) is 0.280. The third kappa shape index (κ3) is 6.63. The van der Waals surface area contributed by atoms with Crippen molar-refractivity contribution in [2.24, 2.45) is 44.3 Å². The van der Waals surface area contributed by atoms with Crippen LogP contribution in [-0.4, -0.2) is 29.7 Å². The van der Waals surface area contributed by atoms with Gasteiger partial charge in [-0.2, -0.15) is 0 Å². The number of fused-ring (bicyclic) bond motifs is 9. The first kappa shape index (κ1) is 47.4. The van der Waals surface area contributed by atoms with Gasteiger partial charge >= 0.3 is 0 Å². The van der Waals surface area contributed by atoms with Crippen molar-refractivity contribution in [2.75, 3.05) is 4.90 Å². The summed E-state index contributed by atoms with van der Waals surface area (Å²) >= 11 is 0. The van der Waals surface area contributed by atoms with Gasteiger partial charge in [-0.05, 0) is 195 Å². The molecule has 3 fully saturated rings. The molecule has 2 aromatic rings. The molecule has 0 radical (unpaired) electrons. The molecule has 1 aromatic heterocycles. The monoisotopic (exact) mass is 937 g/mol. The van der Waals surface area contributed by atoms with Gasteiger partial charge < -0.3 is 14.2 Å². The zero-order chi connectivity index (χ0) is 50.0. The van der Waals surface area contributed by atoms with E-state index < -0.39 is 0 Å². The van der Waals surface area contributed by atoms with Gasteiger partial charge in [0.25, 0.3) is 6.71 Å². The first-order chi connectivity index (χ1) is 32.4. The Balaban J connectivity index is 1.17. The third-order valence-electron chi connectivity index (χ3n) is 21.9. The fourth-order valence-corrected chi connectivity index (χ4v) is 16.7. The molecule has 0 bridgehead atoms. The number of allylic oxidation sites excluding steroid dienone is 9. The highest BCUT2D eigenvalue weighted by molar-refractivity contribution is 6.90. The molecule has 10 aliphatic rings. The molecule has 0 N–H and O–H groups in total. The van der Waals surface area contributed by atoms with Crippen LogP contribution in [0.15, 0.2) is 109 Å². The highest BCUT2D eigenvalue weighted by Crippen LogP contribution is 2.62. The lowest BCUT2D eigenvalue weighted by atomic mass is 9.29. The van der Waals surface area contributed by atoms with Gasteiger partial charge in [0.1, 0.15) is 5.58 Å². The molecule has 372 valence electrons. The summed E-state index contributed by atoms with van der Waals surface area (Å²) in [4.78, 5) is 5.89. The maximum atomic E-state index is 7.77. The van der Waals surface area contributed by atoms with E-state index in [1.165, 1.54) is 84.6 Å². The number of anilines is 1. The van der Waals surface area contributed by atoms with Crippen molar-refractivity contribution < 1.29 is 4.42 Å². The Hall–Kier alpha value is -3.66. The van der Waals surface area contributed by atoms with Gasteiger partial charge in [-0.25, -0.2) is 0 Å². The minimum Gasteiger partial charge on any atom is -0.441 e. The standard InChI is InChI=1S/C66H89BN2O/c1-38-29-53-57-54(30-38)69(51-35-47-43(31-39(51)2)60(5,6)23-26-64(47,13)14)52-36-48-46(63(11,12)25-27-65(48,15)16)34-50(52)67(57)56-41-33-45-49(66(17,18)28-24-62(45,9)10)37-55(41)70-58(56)68(53)40-19-20-42-44(32-40)61(7,8)22-21-59(42,3)4/h20,30-35,37,39-40,48,51,53H,19,21-29,36H2,1-18H3. The summed E-state index contributed by atoms with van der Waals surface area (Å²) in [5.74, 6) is 2.02. The van der Waals surface area contributed by atoms with Crippen LogP contribution in [-0.2, 0) is 10.8 Å². The lowest BCUT2D eigenvalue weighted by molar-refractivity contribution is 0.112. The molecule has 5 atom stereocenters. The second-order valence-corrected chi connectivity index (χ2v) is 30.4. The molecule has 3 nitrogen and oxygen atoms in total. The molecular weight excluding hydrogens is 848 g/mol. The zero-order valence-corrected chi connectivity index (χ0v) is 47.2. The van der Waals surface area contributed by atoms with Crippen LogP contribution in [0.1, 0.15) is 206 Å². The molecule has 4 heteroatoms. The largest absolute Gasteiger partial charge is 0.441 e. The van der Waals surface area contributed by atoms with Crippen LogP contribution in [0.3, 0.4) is 0 Å². The van der Waals surface area contributed by atoms with Crippen molar-refractivity contribution in [2.45, 2.75) is 224 Å². The maximum absolute atomic E-state index is 7.77. The minimum absolute atomic E-state index is 0.0908. The molecule has 12 rings (SSSR count). The van der Waals surface area contributed by atoms with Gasteiger partial charge in [0, 0.05) is 22.2 Å². The molecule has 2 aliphatic heterocycles. The van der Waals surface area contributed by atoms with Crippen LogP contribution in [0, 0.1) is 44.3 Å². The molecule has 5 unspecified atom stereocenters. The molecule has 3 heterocycles. The Labute approximate surface area is 425 Å². The molecule has 0 spiro atoms. The summed E-state index contributed by atoms with van der Waals surface area (Å²) in [6.45, 7) is 45.6. The Bertz CT molecular complexity index is 2930. The number of hydrogen-bond donors (Lipinski definition) is 0. The molecule has 0 amide bonds. The predicted molar refractivity (Wildman–Crippen MR) is 298 cm³/mol.